The Hall–Kier alpha value is -1.62. The molecule has 0 spiro atoms. The van der Waals surface area contributed by atoms with Crippen LogP contribution in [0.1, 0.15) is 18.5 Å². The second kappa shape index (κ2) is 5.82. The van der Waals surface area contributed by atoms with E-state index in [9.17, 15) is 0 Å². The maximum Gasteiger partial charge on any atom is 0.141 e. The van der Waals surface area contributed by atoms with Crippen molar-refractivity contribution in [3.63, 3.8) is 0 Å². The highest BCUT2D eigenvalue weighted by molar-refractivity contribution is 5.93. The number of ether oxygens (including phenoxy) is 1. The van der Waals surface area contributed by atoms with Gasteiger partial charge in [-0.25, -0.2) is 4.98 Å². The summed E-state index contributed by atoms with van der Waals surface area (Å²) in [6, 6.07) is 5.58. The molecule has 5 nitrogen and oxygen atoms in total. The molecule has 0 amide bonds. The van der Waals surface area contributed by atoms with Crippen LogP contribution < -0.4 is 10.6 Å². The molecule has 5 heteroatoms. The molecule has 1 aliphatic heterocycles. The van der Waals surface area contributed by atoms with Crippen LogP contribution in [0, 0.1) is 11.3 Å². The second-order valence-electron chi connectivity index (χ2n) is 4.76. The van der Waals surface area contributed by atoms with Crippen molar-refractivity contribution >= 4 is 11.7 Å². The van der Waals surface area contributed by atoms with Gasteiger partial charge in [0.2, 0.25) is 0 Å². The summed E-state index contributed by atoms with van der Waals surface area (Å²) in [5.41, 5.74) is 5.98. The third-order valence-electron chi connectivity index (χ3n) is 3.19. The number of amidine groups is 1. The molecule has 1 aromatic rings. The van der Waals surface area contributed by atoms with E-state index < -0.39 is 0 Å². The molecular weight excluding hydrogens is 228 g/mol. The molecule has 1 aromatic heterocycles. The fraction of sp³-hybridized carbons (Fsp3) is 0.538. The highest BCUT2D eigenvalue weighted by Crippen LogP contribution is 2.17. The number of nitrogen functional groups attached to an aromatic ring is 1. The fourth-order valence-electron chi connectivity index (χ4n) is 2.22. The van der Waals surface area contributed by atoms with Crippen molar-refractivity contribution in [1.29, 1.82) is 5.41 Å². The number of nitrogens with two attached hydrogens (primary N) is 1. The van der Waals surface area contributed by atoms with Gasteiger partial charge in [0.15, 0.2) is 0 Å². The summed E-state index contributed by atoms with van der Waals surface area (Å²) in [4.78, 5) is 6.48. The van der Waals surface area contributed by atoms with Crippen molar-refractivity contribution in [3.05, 3.63) is 23.9 Å². The van der Waals surface area contributed by atoms with Gasteiger partial charge in [0, 0.05) is 20.2 Å². The molecule has 1 aliphatic rings. The van der Waals surface area contributed by atoms with Gasteiger partial charge in [0.05, 0.1) is 6.61 Å². The molecule has 1 saturated heterocycles. The molecule has 2 heterocycles. The van der Waals surface area contributed by atoms with Crippen molar-refractivity contribution in [2.24, 2.45) is 11.7 Å². The standard InChI is InChI=1S/C13H20N4O/c1-17(8-10-4-3-7-18-9-10)12-6-2-5-11(16-12)13(14)15/h2,5-6,10H,3-4,7-9H2,1H3,(H3,14,15). The van der Waals surface area contributed by atoms with Gasteiger partial charge in [0.25, 0.3) is 0 Å². The van der Waals surface area contributed by atoms with Crippen LogP contribution >= 0.6 is 0 Å². The Morgan fingerprint density at radius 2 is 2.44 bits per heavy atom. The topological polar surface area (TPSA) is 75.2 Å². The number of anilines is 1. The summed E-state index contributed by atoms with van der Waals surface area (Å²) in [5, 5.41) is 7.40. The van der Waals surface area contributed by atoms with Gasteiger partial charge in [-0.2, -0.15) is 0 Å². The van der Waals surface area contributed by atoms with E-state index in [0.29, 0.717) is 11.6 Å². The molecule has 2 rings (SSSR count). The van der Waals surface area contributed by atoms with Gasteiger partial charge in [-0.1, -0.05) is 6.07 Å². The fourth-order valence-corrected chi connectivity index (χ4v) is 2.22. The van der Waals surface area contributed by atoms with E-state index in [1.807, 2.05) is 19.2 Å². The van der Waals surface area contributed by atoms with Crippen LogP contribution in [0.5, 0.6) is 0 Å². The summed E-state index contributed by atoms with van der Waals surface area (Å²) in [6.07, 6.45) is 2.34. The van der Waals surface area contributed by atoms with Gasteiger partial charge in [-0.05, 0) is 30.9 Å². The Balaban J connectivity index is 2.01. The first-order valence-electron chi connectivity index (χ1n) is 6.27. The Kier molecular flexibility index (Phi) is 4.15. The van der Waals surface area contributed by atoms with E-state index in [2.05, 4.69) is 9.88 Å². The molecule has 0 bridgehead atoms. The highest BCUT2D eigenvalue weighted by Gasteiger charge is 2.16. The predicted molar refractivity (Wildman–Crippen MR) is 72.1 cm³/mol. The SMILES string of the molecule is CN(CC1CCCOC1)c1cccc(C(=N)N)n1. The molecule has 1 fully saturated rings. The third-order valence-corrected chi connectivity index (χ3v) is 3.19. The Morgan fingerprint density at radius 1 is 1.61 bits per heavy atom. The first-order chi connectivity index (χ1) is 8.66. The minimum Gasteiger partial charge on any atom is -0.382 e. The summed E-state index contributed by atoms with van der Waals surface area (Å²) < 4.78 is 5.48. The summed E-state index contributed by atoms with van der Waals surface area (Å²) in [7, 11) is 2.01. The predicted octanol–water partition coefficient (Wildman–Crippen LogP) is 1.23. The van der Waals surface area contributed by atoms with Crippen LogP contribution in [0.25, 0.3) is 0 Å². The molecule has 98 valence electrons. The van der Waals surface area contributed by atoms with Crippen molar-refractivity contribution < 1.29 is 4.74 Å². The first-order valence-corrected chi connectivity index (χ1v) is 6.27. The van der Waals surface area contributed by atoms with Crippen molar-refractivity contribution in [2.75, 3.05) is 31.7 Å². The van der Waals surface area contributed by atoms with Crippen molar-refractivity contribution in [1.82, 2.24) is 4.98 Å². The lowest BCUT2D eigenvalue weighted by Crippen LogP contribution is -2.31. The monoisotopic (exact) mass is 248 g/mol. The van der Waals surface area contributed by atoms with Crippen molar-refractivity contribution in [3.8, 4) is 0 Å². The molecule has 1 unspecified atom stereocenters. The average Bonchev–Trinajstić information content (AvgIpc) is 2.40. The number of hydrogen-bond acceptors (Lipinski definition) is 4. The largest absolute Gasteiger partial charge is 0.382 e. The molecule has 1 atom stereocenters. The molecule has 3 N–H and O–H groups in total. The smallest absolute Gasteiger partial charge is 0.141 e. The average molecular weight is 248 g/mol. The molecule has 0 aromatic carbocycles. The number of nitrogens with one attached hydrogen (secondary N) is 1. The molecule has 0 radical (unpaired) electrons. The number of nitrogens with zero attached hydrogens (tertiary/aromatic N) is 2. The second-order valence-corrected chi connectivity index (χ2v) is 4.76. The van der Waals surface area contributed by atoms with Crippen LogP contribution in [0.3, 0.4) is 0 Å². The number of aromatic nitrogens is 1. The summed E-state index contributed by atoms with van der Waals surface area (Å²) in [6.45, 7) is 2.64. The van der Waals surface area contributed by atoms with E-state index in [0.717, 1.165) is 32.0 Å². The van der Waals surface area contributed by atoms with Gasteiger partial charge >= 0.3 is 0 Å². The lowest BCUT2D eigenvalue weighted by atomic mass is 10.0. The Labute approximate surface area is 107 Å². The summed E-state index contributed by atoms with van der Waals surface area (Å²) >= 11 is 0. The van der Waals surface area contributed by atoms with Crippen LogP contribution in [-0.2, 0) is 4.74 Å². The molecule has 18 heavy (non-hydrogen) atoms. The van der Waals surface area contributed by atoms with Crippen LogP contribution in [0.15, 0.2) is 18.2 Å². The Morgan fingerprint density at radius 3 is 3.11 bits per heavy atom. The number of pyridine rings is 1. The minimum absolute atomic E-state index is 0.00579. The minimum atomic E-state index is 0.00579. The molecule has 0 aliphatic carbocycles. The zero-order valence-electron chi connectivity index (χ0n) is 10.7. The maximum absolute atomic E-state index is 7.40. The lowest BCUT2D eigenvalue weighted by Gasteiger charge is -2.27. The van der Waals surface area contributed by atoms with Crippen LogP contribution in [0.4, 0.5) is 5.82 Å². The van der Waals surface area contributed by atoms with Crippen LogP contribution in [0.2, 0.25) is 0 Å². The van der Waals surface area contributed by atoms with Gasteiger partial charge < -0.3 is 15.4 Å². The van der Waals surface area contributed by atoms with E-state index in [-0.39, 0.29) is 5.84 Å². The molecular formula is C13H20N4O. The normalized spacial score (nSPS) is 19.5. The lowest BCUT2D eigenvalue weighted by molar-refractivity contribution is 0.0576. The van der Waals surface area contributed by atoms with Crippen LogP contribution in [-0.4, -0.2) is 37.6 Å². The van der Waals surface area contributed by atoms with E-state index >= 15 is 0 Å². The first kappa shape index (κ1) is 12.8. The highest BCUT2D eigenvalue weighted by atomic mass is 16.5. The Bertz CT molecular complexity index is 415. The van der Waals surface area contributed by atoms with Gasteiger partial charge in [0.1, 0.15) is 17.3 Å². The molecule has 0 saturated carbocycles. The quantitative estimate of drug-likeness (QED) is 0.620. The zero-order chi connectivity index (χ0) is 13.0. The maximum atomic E-state index is 7.40. The third kappa shape index (κ3) is 3.20. The van der Waals surface area contributed by atoms with E-state index in [4.69, 9.17) is 15.9 Å². The summed E-state index contributed by atoms with van der Waals surface area (Å²) in [5.74, 6) is 1.42. The van der Waals surface area contributed by atoms with Crippen molar-refractivity contribution in [2.45, 2.75) is 12.8 Å². The number of rotatable bonds is 4. The number of hydrogen-bond donors (Lipinski definition) is 2. The zero-order valence-corrected chi connectivity index (χ0v) is 10.7. The van der Waals surface area contributed by atoms with Gasteiger partial charge in [-0.15, -0.1) is 0 Å². The van der Waals surface area contributed by atoms with Gasteiger partial charge in [-0.3, -0.25) is 5.41 Å². The van der Waals surface area contributed by atoms with E-state index in [1.165, 1.54) is 6.42 Å². The van der Waals surface area contributed by atoms with E-state index in [1.54, 1.807) is 6.07 Å².